The number of rotatable bonds is 48. The molecule has 0 amide bonds. The van der Waals surface area contributed by atoms with Gasteiger partial charge in [0.1, 0.15) is 13.2 Å². The Morgan fingerprint density at radius 1 is 0.322 bits per heavy atom. The van der Waals surface area contributed by atoms with E-state index in [-0.39, 0.29) is 31.1 Å². The molecule has 6 nitrogen and oxygen atoms in total. The fourth-order valence-electron chi connectivity index (χ4n) is 8.04. The number of hydrogen-bond acceptors (Lipinski definition) is 6. The molecule has 0 rings (SSSR count). The molecule has 0 aliphatic rings. The maximum atomic E-state index is 12.8. The van der Waals surface area contributed by atoms with Crippen molar-refractivity contribution in [3.8, 4) is 0 Å². The van der Waals surface area contributed by atoms with Gasteiger partial charge < -0.3 is 14.2 Å². The first-order chi connectivity index (χ1) is 28.9. The summed E-state index contributed by atoms with van der Waals surface area (Å²) in [6.07, 6.45) is 49.4. The zero-order chi connectivity index (χ0) is 43.1. The number of hydrogen-bond donors (Lipinski definition) is 0. The van der Waals surface area contributed by atoms with Gasteiger partial charge in [-0.3, -0.25) is 14.4 Å². The Bertz CT molecular complexity index is 887. The first kappa shape index (κ1) is 57.4. The van der Waals surface area contributed by atoms with Crippen LogP contribution in [0.25, 0.3) is 0 Å². The molecule has 0 aliphatic heterocycles. The van der Waals surface area contributed by atoms with Gasteiger partial charge in [0, 0.05) is 19.3 Å². The van der Waals surface area contributed by atoms with Crippen molar-refractivity contribution in [3.05, 3.63) is 0 Å². The minimum Gasteiger partial charge on any atom is -0.462 e. The van der Waals surface area contributed by atoms with E-state index in [1.807, 2.05) is 0 Å². The van der Waals surface area contributed by atoms with Gasteiger partial charge in [-0.15, -0.1) is 0 Å². The van der Waals surface area contributed by atoms with Gasteiger partial charge in [0.15, 0.2) is 6.10 Å². The van der Waals surface area contributed by atoms with Gasteiger partial charge in [0.05, 0.1) is 0 Å². The molecule has 0 aromatic rings. The van der Waals surface area contributed by atoms with Crippen LogP contribution in [0.15, 0.2) is 0 Å². The highest BCUT2D eigenvalue weighted by Gasteiger charge is 2.19. The molecule has 0 fully saturated rings. The van der Waals surface area contributed by atoms with Crippen LogP contribution >= 0.6 is 0 Å². The second-order valence-corrected chi connectivity index (χ2v) is 18.6. The first-order valence-electron chi connectivity index (χ1n) is 26.4. The van der Waals surface area contributed by atoms with Crippen LogP contribution in [0, 0.1) is 5.92 Å². The summed E-state index contributed by atoms with van der Waals surface area (Å²) >= 11 is 0. The largest absolute Gasteiger partial charge is 0.462 e. The average Bonchev–Trinajstić information content (AvgIpc) is 3.22. The van der Waals surface area contributed by atoms with Crippen molar-refractivity contribution in [1.82, 2.24) is 0 Å². The molecule has 1 atom stereocenters. The van der Waals surface area contributed by atoms with Crippen molar-refractivity contribution in [2.24, 2.45) is 5.92 Å². The van der Waals surface area contributed by atoms with Crippen molar-refractivity contribution in [2.75, 3.05) is 13.2 Å². The summed E-state index contributed by atoms with van der Waals surface area (Å²) in [5.41, 5.74) is 0. The second-order valence-electron chi connectivity index (χ2n) is 18.6. The highest BCUT2D eigenvalue weighted by atomic mass is 16.6. The van der Waals surface area contributed by atoms with E-state index < -0.39 is 6.10 Å². The average molecular weight is 835 g/mol. The lowest BCUT2D eigenvalue weighted by atomic mass is 10.0. The summed E-state index contributed by atoms with van der Waals surface area (Å²) in [5.74, 6) is 0.00576. The van der Waals surface area contributed by atoms with Crippen LogP contribution in [0.3, 0.4) is 0 Å². The summed E-state index contributed by atoms with van der Waals surface area (Å²) < 4.78 is 16.8. The molecule has 0 saturated heterocycles. The minimum atomic E-state index is -0.760. The first-order valence-corrected chi connectivity index (χ1v) is 26.4. The van der Waals surface area contributed by atoms with E-state index in [1.165, 1.54) is 193 Å². The Balaban J connectivity index is 4.25. The summed E-state index contributed by atoms with van der Waals surface area (Å²) in [7, 11) is 0. The third-order valence-corrected chi connectivity index (χ3v) is 12.0. The number of unbranched alkanes of at least 4 members (excludes halogenated alkanes) is 35. The topological polar surface area (TPSA) is 78.9 Å². The molecule has 0 bridgehead atoms. The molecule has 0 radical (unpaired) electrons. The normalized spacial score (nSPS) is 11.9. The monoisotopic (exact) mass is 835 g/mol. The Morgan fingerprint density at radius 2 is 0.559 bits per heavy atom. The van der Waals surface area contributed by atoms with Crippen molar-refractivity contribution in [1.29, 1.82) is 0 Å². The Hall–Kier alpha value is -1.59. The predicted octanol–water partition coefficient (Wildman–Crippen LogP) is 17.1. The predicted molar refractivity (Wildman–Crippen MR) is 252 cm³/mol. The molecule has 0 spiro atoms. The second kappa shape index (κ2) is 47.5. The van der Waals surface area contributed by atoms with Crippen molar-refractivity contribution < 1.29 is 28.6 Å². The van der Waals surface area contributed by atoms with Gasteiger partial charge in [0.25, 0.3) is 0 Å². The smallest absolute Gasteiger partial charge is 0.306 e. The quantitative estimate of drug-likeness (QED) is 0.0345. The van der Waals surface area contributed by atoms with Gasteiger partial charge in [-0.25, -0.2) is 0 Å². The lowest BCUT2D eigenvalue weighted by Gasteiger charge is -2.18. The summed E-state index contributed by atoms with van der Waals surface area (Å²) in [5, 5.41) is 0. The van der Waals surface area contributed by atoms with Crippen LogP contribution in [0.2, 0.25) is 0 Å². The molecule has 0 aliphatic carbocycles. The molecule has 0 saturated carbocycles. The molecule has 6 heteroatoms. The summed E-state index contributed by atoms with van der Waals surface area (Å²) in [4.78, 5) is 37.9. The minimum absolute atomic E-state index is 0.0625. The molecule has 0 aromatic heterocycles. The molecular weight excluding hydrogens is 733 g/mol. The number of esters is 3. The van der Waals surface area contributed by atoms with E-state index in [4.69, 9.17) is 14.2 Å². The standard InChI is InChI=1S/C53H102O6/c1-5-7-9-11-13-15-17-25-30-34-38-42-46-53(56)59-50(47-57-51(54)44-40-36-32-28-23-16-14-12-10-8-6-2)48-58-52(55)45-41-37-33-29-26-22-20-18-19-21-24-27-31-35-39-43-49(3)4/h49-50H,5-48H2,1-4H3/t50-/m1/s1. The van der Waals surface area contributed by atoms with E-state index in [0.29, 0.717) is 19.3 Å². The summed E-state index contributed by atoms with van der Waals surface area (Å²) in [6.45, 7) is 9.03. The Labute approximate surface area is 368 Å². The van der Waals surface area contributed by atoms with Crippen LogP contribution in [0.4, 0.5) is 0 Å². The lowest BCUT2D eigenvalue weighted by Crippen LogP contribution is -2.30. The van der Waals surface area contributed by atoms with Gasteiger partial charge in [0.2, 0.25) is 0 Å². The van der Waals surface area contributed by atoms with E-state index >= 15 is 0 Å². The lowest BCUT2D eigenvalue weighted by molar-refractivity contribution is -0.167. The third-order valence-electron chi connectivity index (χ3n) is 12.0. The van der Waals surface area contributed by atoms with E-state index in [0.717, 1.165) is 63.7 Å². The summed E-state index contributed by atoms with van der Waals surface area (Å²) in [6, 6.07) is 0. The van der Waals surface area contributed by atoms with Crippen LogP contribution < -0.4 is 0 Å². The van der Waals surface area contributed by atoms with E-state index in [9.17, 15) is 14.4 Å². The van der Waals surface area contributed by atoms with Crippen LogP contribution in [-0.2, 0) is 28.6 Å². The molecule has 59 heavy (non-hydrogen) atoms. The Kier molecular flexibility index (Phi) is 46.2. The maximum absolute atomic E-state index is 12.8. The van der Waals surface area contributed by atoms with Gasteiger partial charge in [-0.05, 0) is 25.2 Å². The molecule has 0 unspecified atom stereocenters. The number of ether oxygens (including phenoxy) is 3. The SMILES string of the molecule is CCCCCCCCCCCCCCC(=O)O[C@H](COC(=O)CCCCCCCCCCCCC)COC(=O)CCCCCCCCCCCCCCCCCC(C)C. The van der Waals surface area contributed by atoms with Gasteiger partial charge >= 0.3 is 17.9 Å². The van der Waals surface area contributed by atoms with Crippen molar-refractivity contribution >= 4 is 17.9 Å². The zero-order valence-electron chi connectivity index (χ0n) is 40.2. The molecule has 0 N–H and O–H groups in total. The molecule has 0 aromatic carbocycles. The highest BCUT2D eigenvalue weighted by Crippen LogP contribution is 2.17. The molecule has 350 valence electrons. The van der Waals surface area contributed by atoms with Crippen LogP contribution in [-0.4, -0.2) is 37.2 Å². The van der Waals surface area contributed by atoms with Crippen molar-refractivity contribution in [2.45, 2.75) is 303 Å². The number of carbonyl (C=O) groups is 3. The van der Waals surface area contributed by atoms with Gasteiger partial charge in [-0.1, -0.05) is 259 Å². The fraction of sp³-hybridized carbons (Fsp3) is 0.943. The zero-order valence-corrected chi connectivity index (χ0v) is 40.2. The maximum Gasteiger partial charge on any atom is 0.306 e. The third kappa shape index (κ3) is 47.3. The molecule has 0 heterocycles. The van der Waals surface area contributed by atoms with Crippen LogP contribution in [0.5, 0.6) is 0 Å². The highest BCUT2D eigenvalue weighted by molar-refractivity contribution is 5.71. The van der Waals surface area contributed by atoms with Crippen LogP contribution in [0.1, 0.15) is 297 Å². The fourth-order valence-corrected chi connectivity index (χ4v) is 8.04. The van der Waals surface area contributed by atoms with E-state index in [1.54, 1.807) is 0 Å². The number of carbonyl (C=O) groups excluding carboxylic acids is 3. The Morgan fingerprint density at radius 3 is 0.831 bits per heavy atom. The van der Waals surface area contributed by atoms with Gasteiger partial charge in [-0.2, -0.15) is 0 Å². The van der Waals surface area contributed by atoms with E-state index in [2.05, 4.69) is 27.7 Å². The van der Waals surface area contributed by atoms with Crippen molar-refractivity contribution in [3.63, 3.8) is 0 Å². The molecular formula is C53H102O6.